The molecule has 0 saturated heterocycles. The average molecular weight is 246 g/mol. The Morgan fingerprint density at radius 2 is 2.00 bits per heavy atom. The minimum absolute atomic E-state index is 0.288. The fourth-order valence-electron chi connectivity index (χ4n) is 2.94. The van der Waals surface area contributed by atoms with Gasteiger partial charge in [-0.05, 0) is 43.8 Å². The first-order valence-corrected chi connectivity index (χ1v) is 6.53. The Morgan fingerprint density at radius 3 is 2.44 bits per heavy atom. The molecule has 0 aliphatic heterocycles. The monoisotopic (exact) mass is 246 g/mol. The van der Waals surface area contributed by atoms with Crippen LogP contribution < -0.4 is 5.32 Å². The van der Waals surface area contributed by atoms with E-state index in [1.54, 1.807) is 13.4 Å². The Bertz CT molecular complexity index is 408. The van der Waals surface area contributed by atoms with Crippen molar-refractivity contribution in [3.05, 3.63) is 35.6 Å². The van der Waals surface area contributed by atoms with Gasteiger partial charge in [0.2, 0.25) is 0 Å². The van der Waals surface area contributed by atoms with Gasteiger partial charge in [-0.2, -0.15) is 0 Å². The molecule has 2 N–H and O–H groups in total. The maximum absolute atomic E-state index is 10.2. The molecule has 3 nitrogen and oxygen atoms in total. The zero-order valence-corrected chi connectivity index (χ0v) is 11.2. The lowest BCUT2D eigenvalue weighted by molar-refractivity contribution is 0.0729. The van der Waals surface area contributed by atoms with Crippen molar-refractivity contribution in [1.29, 1.82) is 0 Å². The van der Waals surface area contributed by atoms with Crippen LogP contribution in [0.1, 0.15) is 32.6 Å². The molecule has 0 aromatic heterocycles. The predicted octanol–water partition coefficient (Wildman–Crippen LogP) is 2.56. The van der Waals surface area contributed by atoms with E-state index < -0.39 is 6.10 Å². The molecule has 18 heavy (non-hydrogen) atoms. The SMILES string of the molecule is C=C(N/C=N\C)C1(C(C)O)CC2=CCCC=C2C1. The molecule has 2 aliphatic carbocycles. The van der Waals surface area contributed by atoms with Crippen LogP contribution in [0.3, 0.4) is 0 Å². The van der Waals surface area contributed by atoms with Crippen molar-refractivity contribution in [2.45, 2.75) is 38.7 Å². The highest BCUT2D eigenvalue weighted by atomic mass is 16.3. The minimum atomic E-state index is -0.421. The summed E-state index contributed by atoms with van der Waals surface area (Å²) in [6, 6.07) is 0. The van der Waals surface area contributed by atoms with Crippen LogP contribution in [0.5, 0.6) is 0 Å². The van der Waals surface area contributed by atoms with Crippen molar-refractivity contribution < 1.29 is 5.11 Å². The largest absolute Gasteiger partial charge is 0.392 e. The number of hydrogen-bond acceptors (Lipinski definition) is 2. The summed E-state index contributed by atoms with van der Waals surface area (Å²) >= 11 is 0. The highest BCUT2D eigenvalue weighted by molar-refractivity contribution is 5.58. The highest BCUT2D eigenvalue weighted by Crippen LogP contribution is 2.51. The van der Waals surface area contributed by atoms with Gasteiger partial charge in [0.05, 0.1) is 12.4 Å². The summed E-state index contributed by atoms with van der Waals surface area (Å²) in [6.07, 6.45) is 9.81. The fourth-order valence-corrected chi connectivity index (χ4v) is 2.94. The van der Waals surface area contributed by atoms with Crippen LogP contribution in [-0.2, 0) is 0 Å². The topological polar surface area (TPSA) is 44.6 Å². The molecule has 1 fully saturated rings. The van der Waals surface area contributed by atoms with Crippen molar-refractivity contribution >= 4 is 6.34 Å². The van der Waals surface area contributed by atoms with E-state index in [1.165, 1.54) is 11.1 Å². The Labute approximate surface area is 109 Å². The maximum atomic E-state index is 10.2. The quantitative estimate of drug-likeness (QED) is 0.591. The number of rotatable bonds is 4. The number of fused-ring (bicyclic) bond motifs is 1. The van der Waals surface area contributed by atoms with Crippen molar-refractivity contribution in [1.82, 2.24) is 5.32 Å². The van der Waals surface area contributed by atoms with Gasteiger partial charge in [0.15, 0.2) is 0 Å². The van der Waals surface area contributed by atoms with Crippen molar-refractivity contribution in [2.75, 3.05) is 7.05 Å². The van der Waals surface area contributed by atoms with E-state index in [9.17, 15) is 5.11 Å². The van der Waals surface area contributed by atoms with E-state index in [-0.39, 0.29) is 5.41 Å². The van der Waals surface area contributed by atoms with Gasteiger partial charge in [-0.15, -0.1) is 0 Å². The minimum Gasteiger partial charge on any atom is -0.392 e. The molecule has 2 rings (SSSR count). The summed E-state index contributed by atoms with van der Waals surface area (Å²) in [5.74, 6) is 0. The van der Waals surface area contributed by atoms with Crippen molar-refractivity contribution in [3.8, 4) is 0 Å². The Kier molecular flexibility index (Phi) is 3.71. The zero-order valence-electron chi connectivity index (χ0n) is 11.2. The molecule has 0 aromatic carbocycles. The van der Waals surface area contributed by atoms with Crippen LogP contribution in [0.4, 0.5) is 0 Å². The standard InChI is InChI=1S/C15H22N2O/c1-11(17-10-16-3)15(12(2)18)8-13-6-4-5-7-14(13)9-15/h6-7,10,12,18H,1,4-5,8-9H2,2-3H3,(H,16,17). The van der Waals surface area contributed by atoms with E-state index in [0.29, 0.717) is 0 Å². The number of nitrogens with one attached hydrogen (secondary N) is 1. The maximum Gasteiger partial charge on any atom is 0.0861 e. The van der Waals surface area contributed by atoms with Crippen LogP contribution >= 0.6 is 0 Å². The molecule has 3 heteroatoms. The fraction of sp³-hybridized carbons (Fsp3) is 0.533. The third-order valence-electron chi connectivity index (χ3n) is 4.14. The molecular weight excluding hydrogens is 224 g/mol. The van der Waals surface area contributed by atoms with E-state index in [0.717, 1.165) is 31.4 Å². The van der Waals surface area contributed by atoms with Crippen LogP contribution in [0.2, 0.25) is 0 Å². The molecule has 0 aromatic rings. The van der Waals surface area contributed by atoms with Crippen molar-refractivity contribution in [2.24, 2.45) is 10.4 Å². The number of aliphatic hydroxyl groups excluding tert-OH is 1. The van der Waals surface area contributed by atoms with Crippen LogP contribution in [0.25, 0.3) is 0 Å². The average Bonchev–Trinajstić information content (AvgIpc) is 2.76. The Balaban J connectivity index is 2.27. The summed E-state index contributed by atoms with van der Waals surface area (Å²) in [5.41, 5.74) is 3.35. The molecule has 0 amide bonds. The van der Waals surface area contributed by atoms with Gasteiger partial charge < -0.3 is 10.4 Å². The first kappa shape index (κ1) is 13.1. The Hall–Kier alpha value is -1.35. The van der Waals surface area contributed by atoms with E-state index in [1.807, 2.05) is 6.92 Å². The first-order chi connectivity index (χ1) is 8.60. The van der Waals surface area contributed by atoms with Crippen LogP contribution in [0.15, 0.2) is 40.6 Å². The van der Waals surface area contributed by atoms with Gasteiger partial charge in [0.25, 0.3) is 0 Å². The Morgan fingerprint density at radius 1 is 1.44 bits per heavy atom. The summed E-state index contributed by atoms with van der Waals surface area (Å²) in [7, 11) is 1.72. The van der Waals surface area contributed by atoms with Gasteiger partial charge >= 0.3 is 0 Å². The summed E-state index contributed by atoms with van der Waals surface area (Å²) < 4.78 is 0. The van der Waals surface area contributed by atoms with Crippen molar-refractivity contribution in [3.63, 3.8) is 0 Å². The second kappa shape index (κ2) is 5.11. The van der Waals surface area contributed by atoms with Gasteiger partial charge in [0, 0.05) is 18.2 Å². The molecule has 2 aliphatic rings. The first-order valence-electron chi connectivity index (χ1n) is 6.53. The van der Waals surface area contributed by atoms with Gasteiger partial charge in [0.1, 0.15) is 0 Å². The lowest BCUT2D eigenvalue weighted by Gasteiger charge is -2.33. The van der Waals surface area contributed by atoms with E-state index in [4.69, 9.17) is 0 Å². The van der Waals surface area contributed by atoms with Gasteiger partial charge in [-0.1, -0.05) is 18.7 Å². The second-order valence-electron chi connectivity index (χ2n) is 5.23. The van der Waals surface area contributed by atoms with E-state index >= 15 is 0 Å². The number of hydrogen-bond donors (Lipinski definition) is 2. The predicted molar refractivity (Wildman–Crippen MR) is 75.4 cm³/mol. The summed E-state index contributed by atoms with van der Waals surface area (Å²) in [4.78, 5) is 3.92. The second-order valence-corrected chi connectivity index (χ2v) is 5.23. The molecule has 0 bridgehead atoms. The molecule has 0 spiro atoms. The third-order valence-corrected chi connectivity index (χ3v) is 4.14. The van der Waals surface area contributed by atoms with Crippen LogP contribution in [-0.4, -0.2) is 24.6 Å². The molecular formula is C15H22N2O. The molecule has 0 radical (unpaired) electrons. The molecule has 1 unspecified atom stereocenters. The normalized spacial score (nSPS) is 23.3. The van der Waals surface area contributed by atoms with Crippen LogP contribution in [0, 0.1) is 5.41 Å². The van der Waals surface area contributed by atoms with Gasteiger partial charge in [-0.3, -0.25) is 4.99 Å². The lowest BCUT2D eigenvalue weighted by atomic mass is 9.77. The third kappa shape index (κ3) is 2.15. The molecule has 1 saturated carbocycles. The molecule has 0 heterocycles. The highest BCUT2D eigenvalue weighted by Gasteiger charge is 2.45. The summed E-state index contributed by atoms with van der Waals surface area (Å²) in [5, 5.41) is 13.3. The zero-order chi connectivity index (χ0) is 13.2. The number of aliphatic imine (C=N–C) groups is 1. The number of nitrogens with zero attached hydrogens (tertiary/aromatic N) is 1. The van der Waals surface area contributed by atoms with Gasteiger partial charge in [-0.25, -0.2) is 0 Å². The number of allylic oxidation sites excluding steroid dienone is 4. The molecule has 1 atom stereocenters. The van der Waals surface area contributed by atoms with E-state index in [2.05, 4.69) is 29.0 Å². The molecule has 98 valence electrons. The smallest absolute Gasteiger partial charge is 0.0861 e. The lowest BCUT2D eigenvalue weighted by Crippen LogP contribution is -2.37. The number of aliphatic hydroxyl groups is 1. The summed E-state index contributed by atoms with van der Waals surface area (Å²) in [6.45, 7) is 5.96.